The van der Waals surface area contributed by atoms with E-state index in [1.165, 1.54) is 11.1 Å². The average Bonchev–Trinajstić information content (AvgIpc) is 3.28. The molecule has 0 spiro atoms. The van der Waals surface area contributed by atoms with Crippen molar-refractivity contribution in [3.8, 4) is 11.5 Å². The van der Waals surface area contributed by atoms with E-state index < -0.39 is 0 Å². The highest BCUT2D eigenvalue weighted by atomic mass is 32.1. The summed E-state index contributed by atoms with van der Waals surface area (Å²) in [7, 11) is 1.73. The fourth-order valence-corrected chi connectivity index (χ4v) is 4.49. The number of ether oxygens (including phenoxy) is 1. The van der Waals surface area contributed by atoms with Crippen LogP contribution in [0.5, 0.6) is 0 Å². The van der Waals surface area contributed by atoms with Crippen molar-refractivity contribution < 1.29 is 9.15 Å². The maximum atomic E-state index is 6.14. The summed E-state index contributed by atoms with van der Waals surface area (Å²) >= 11 is 1.63. The van der Waals surface area contributed by atoms with Gasteiger partial charge in [0, 0.05) is 17.9 Å². The molecule has 5 heteroatoms. The number of methoxy groups -OCH3 is 1. The van der Waals surface area contributed by atoms with Crippen molar-refractivity contribution in [3.63, 3.8) is 0 Å². The molecule has 2 aromatic carbocycles. The standard InChI is InChI=1S/C23H24N2O2S/c1-15-8-7-9-16(2)22(15)24-23-25(17(3)13-26-4)19(14-28-23)21-12-18-10-5-6-11-20(18)27-21/h5-12,14,17H,13H2,1-4H3. The van der Waals surface area contributed by atoms with Gasteiger partial charge in [0.15, 0.2) is 10.6 Å². The van der Waals surface area contributed by atoms with Gasteiger partial charge in [0.05, 0.1) is 24.0 Å². The molecule has 4 nitrogen and oxygen atoms in total. The zero-order valence-electron chi connectivity index (χ0n) is 16.6. The molecule has 0 aliphatic carbocycles. The first-order chi connectivity index (χ1) is 13.6. The fraction of sp³-hybridized carbons (Fsp3) is 0.261. The van der Waals surface area contributed by atoms with Crippen LogP contribution >= 0.6 is 11.3 Å². The topological polar surface area (TPSA) is 39.7 Å². The number of benzene rings is 2. The lowest BCUT2D eigenvalue weighted by Gasteiger charge is -2.15. The first-order valence-corrected chi connectivity index (χ1v) is 10.3. The summed E-state index contributed by atoms with van der Waals surface area (Å²) in [6.07, 6.45) is 0. The molecule has 0 aliphatic rings. The first-order valence-electron chi connectivity index (χ1n) is 9.37. The Labute approximate surface area is 168 Å². The number of fused-ring (bicyclic) bond motifs is 1. The molecule has 1 atom stereocenters. The van der Waals surface area contributed by atoms with Crippen molar-refractivity contribution in [2.24, 2.45) is 4.99 Å². The van der Waals surface area contributed by atoms with Gasteiger partial charge in [-0.1, -0.05) is 36.4 Å². The molecule has 0 saturated heterocycles. The Hall–Kier alpha value is -2.63. The van der Waals surface area contributed by atoms with E-state index in [2.05, 4.69) is 61.1 Å². The third-order valence-corrected chi connectivity index (χ3v) is 5.76. The van der Waals surface area contributed by atoms with Gasteiger partial charge in [-0.05, 0) is 44.0 Å². The van der Waals surface area contributed by atoms with Crippen molar-refractivity contribution in [1.82, 2.24) is 4.57 Å². The van der Waals surface area contributed by atoms with E-state index in [4.69, 9.17) is 14.1 Å². The summed E-state index contributed by atoms with van der Waals surface area (Å²) in [5.41, 5.74) is 5.28. The Morgan fingerprint density at radius 2 is 1.86 bits per heavy atom. The van der Waals surface area contributed by atoms with Crippen LogP contribution in [0, 0.1) is 13.8 Å². The van der Waals surface area contributed by atoms with Crippen molar-refractivity contribution in [3.05, 3.63) is 69.8 Å². The number of hydrogen-bond donors (Lipinski definition) is 0. The van der Waals surface area contributed by atoms with Crippen LogP contribution in [-0.4, -0.2) is 18.3 Å². The van der Waals surface area contributed by atoms with Gasteiger partial charge in [0.1, 0.15) is 5.58 Å². The molecule has 4 aromatic rings. The maximum Gasteiger partial charge on any atom is 0.190 e. The molecule has 0 amide bonds. The third kappa shape index (κ3) is 3.43. The summed E-state index contributed by atoms with van der Waals surface area (Å²) in [5.74, 6) is 0.850. The van der Waals surface area contributed by atoms with Gasteiger partial charge in [-0.25, -0.2) is 4.99 Å². The SMILES string of the molecule is COCC(C)n1c(-c2cc3ccccc3o2)csc1=Nc1c(C)cccc1C. The highest BCUT2D eigenvalue weighted by molar-refractivity contribution is 7.07. The molecule has 0 bridgehead atoms. The number of furan rings is 1. The lowest BCUT2D eigenvalue weighted by atomic mass is 10.1. The number of para-hydroxylation sites is 2. The normalized spacial score (nSPS) is 13.4. The highest BCUT2D eigenvalue weighted by Crippen LogP contribution is 2.30. The van der Waals surface area contributed by atoms with E-state index in [0.29, 0.717) is 6.61 Å². The Morgan fingerprint density at radius 3 is 2.57 bits per heavy atom. The molecule has 144 valence electrons. The molecule has 2 aromatic heterocycles. The Kier molecular flexibility index (Phi) is 5.20. The minimum absolute atomic E-state index is 0.127. The Bertz CT molecular complexity index is 1130. The lowest BCUT2D eigenvalue weighted by Crippen LogP contribution is -2.23. The van der Waals surface area contributed by atoms with Gasteiger partial charge >= 0.3 is 0 Å². The number of rotatable bonds is 5. The van der Waals surface area contributed by atoms with Crippen LogP contribution in [0.3, 0.4) is 0 Å². The molecule has 4 rings (SSSR count). The molecule has 0 saturated carbocycles. The molecule has 0 fully saturated rings. The molecule has 0 radical (unpaired) electrons. The second-order valence-electron chi connectivity index (χ2n) is 7.08. The zero-order valence-corrected chi connectivity index (χ0v) is 17.4. The van der Waals surface area contributed by atoms with Crippen LogP contribution in [0.25, 0.3) is 22.4 Å². The van der Waals surface area contributed by atoms with Crippen molar-refractivity contribution in [1.29, 1.82) is 0 Å². The minimum Gasteiger partial charge on any atom is -0.454 e. The van der Waals surface area contributed by atoms with E-state index in [0.717, 1.165) is 32.9 Å². The summed E-state index contributed by atoms with van der Waals surface area (Å²) in [5, 5.41) is 3.22. The highest BCUT2D eigenvalue weighted by Gasteiger charge is 2.17. The molecule has 1 unspecified atom stereocenters. The van der Waals surface area contributed by atoms with E-state index in [9.17, 15) is 0 Å². The molecule has 0 N–H and O–H groups in total. The van der Waals surface area contributed by atoms with Crippen LogP contribution < -0.4 is 4.80 Å². The van der Waals surface area contributed by atoms with Gasteiger partial charge in [-0.3, -0.25) is 0 Å². The van der Waals surface area contributed by atoms with Gasteiger partial charge in [0.25, 0.3) is 0 Å². The zero-order chi connectivity index (χ0) is 19.7. The number of hydrogen-bond acceptors (Lipinski definition) is 4. The van der Waals surface area contributed by atoms with Crippen molar-refractivity contribution in [2.45, 2.75) is 26.8 Å². The van der Waals surface area contributed by atoms with E-state index >= 15 is 0 Å². The maximum absolute atomic E-state index is 6.14. The molecule has 2 heterocycles. The van der Waals surface area contributed by atoms with Gasteiger partial charge in [-0.15, -0.1) is 11.3 Å². The second-order valence-corrected chi connectivity index (χ2v) is 7.92. The van der Waals surface area contributed by atoms with Crippen LogP contribution in [0.2, 0.25) is 0 Å². The summed E-state index contributed by atoms with van der Waals surface area (Å²) < 4.78 is 13.8. The van der Waals surface area contributed by atoms with Crippen LogP contribution in [0.4, 0.5) is 5.69 Å². The Balaban J connectivity index is 1.92. The van der Waals surface area contributed by atoms with Crippen LogP contribution in [-0.2, 0) is 4.74 Å². The molecular formula is C23H24N2O2S. The van der Waals surface area contributed by atoms with Crippen molar-refractivity contribution in [2.75, 3.05) is 13.7 Å². The monoisotopic (exact) mass is 392 g/mol. The minimum atomic E-state index is 0.127. The summed E-state index contributed by atoms with van der Waals surface area (Å²) in [6.45, 7) is 6.95. The quantitative estimate of drug-likeness (QED) is 0.417. The molecule has 0 aliphatic heterocycles. The predicted octanol–water partition coefficient (Wildman–Crippen LogP) is 6.02. The Morgan fingerprint density at radius 1 is 1.11 bits per heavy atom. The largest absolute Gasteiger partial charge is 0.454 e. The van der Waals surface area contributed by atoms with Gasteiger partial charge < -0.3 is 13.7 Å². The van der Waals surface area contributed by atoms with Gasteiger partial charge in [0.2, 0.25) is 0 Å². The predicted molar refractivity (Wildman–Crippen MR) is 115 cm³/mol. The lowest BCUT2D eigenvalue weighted by molar-refractivity contribution is 0.161. The smallest absolute Gasteiger partial charge is 0.190 e. The van der Waals surface area contributed by atoms with E-state index in [1.54, 1.807) is 18.4 Å². The molecular weight excluding hydrogens is 368 g/mol. The number of aromatic nitrogens is 1. The molecule has 28 heavy (non-hydrogen) atoms. The van der Waals surface area contributed by atoms with Crippen LogP contribution in [0.15, 0.2) is 63.3 Å². The van der Waals surface area contributed by atoms with Crippen molar-refractivity contribution >= 4 is 28.0 Å². The summed E-state index contributed by atoms with van der Waals surface area (Å²) in [4.78, 5) is 5.97. The number of thiazole rings is 1. The first kappa shape index (κ1) is 18.7. The number of aryl methyl sites for hydroxylation is 2. The van der Waals surface area contributed by atoms with Gasteiger partial charge in [-0.2, -0.15) is 0 Å². The fourth-order valence-electron chi connectivity index (χ4n) is 3.51. The van der Waals surface area contributed by atoms with E-state index in [1.807, 2.05) is 18.2 Å². The van der Waals surface area contributed by atoms with Crippen LogP contribution in [0.1, 0.15) is 24.1 Å². The number of nitrogens with zero attached hydrogens (tertiary/aromatic N) is 2. The summed E-state index contributed by atoms with van der Waals surface area (Å²) in [6, 6.07) is 16.6. The third-order valence-electron chi connectivity index (χ3n) is 4.92. The van der Waals surface area contributed by atoms with E-state index in [-0.39, 0.29) is 6.04 Å². The average molecular weight is 393 g/mol. The second kappa shape index (κ2) is 7.78.